The van der Waals surface area contributed by atoms with Gasteiger partial charge in [0.2, 0.25) is 0 Å². The molecule has 0 unspecified atom stereocenters. The van der Waals surface area contributed by atoms with E-state index in [0.717, 1.165) is 0 Å². The van der Waals surface area contributed by atoms with Crippen LogP contribution in [-0.4, -0.2) is 19.7 Å². The molecule has 0 atom stereocenters. The average molecular weight is 212 g/mol. The van der Waals surface area contributed by atoms with Crippen molar-refractivity contribution in [3.05, 3.63) is 24.3 Å². The van der Waals surface area contributed by atoms with E-state index in [1.165, 1.54) is 7.11 Å². The van der Waals surface area contributed by atoms with Gasteiger partial charge in [0, 0.05) is 5.30 Å². The maximum atomic E-state index is 10.7. The zero-order valence-electron chi connectivity index (χ0n) is 7.60. The molecule has 0 radical (unpaired) electrons. The molecule has 0 saturated carbocycles. The normalized spacial score (nSPS) is 9.79. The van der Waals surface area contributed by atoms with E-state index >= 15 is 0 Å². The lowest BCUT2D eigenvalue weighted by Gasteiger charge is -2.03. The second-order valence-electron chi connectivity index (χ2n) is 2.45. The largest absolute Gasteiger partial charge is 0.482 e. The van der Waals surface area contributed by atoms with Crippen molar-refractivity contribution in [2.45, 2.75) is 0 Å². The Kier molecular flexibility index (Phi) is 4.08. The Labute approximate surface area is 83.0 Å². The van der Waals surface area contributed by atoms with Gasteiger partial charge in [-0.25, -0.2) is 4.79 Å². The number of methoxy groups -OCH3 is 1. The minimum atomic E-state index is -0.449. The molecule has 0 aliphatic rings. The van der Waals surface area contributed by atoms with Crippen LogP contribution in [0.1, 0.15) is 0 Å². The Morgan fingerprint density at radius 1 is 1.50 bits per heavy atom. The number of rotatable bonds is 4. The Morgan fingerprint density at radius 3 is 2.93 bits per heavy atom. The number of esters is 1. The van der Waals surface area contributed by atoms with Crippen molar-refractivity contribution in [3.63, 3.8) is 0 Å². The summed E-state index contributed by atoms with van der Waals surface area (Å²) in [6, 6.07) is 6.67. The van der Waals surface area contributed by atoms with Crippen LogP contribution in [0.15, 0.2) is 24.3 Å². The standard InChI is InChI=1S/C9H9O4P/c1-12-9(10)6-13-7-3-2-4-8(5-7)14-11/h2-5H,6H2,1H3. The van der Waals surface area contributed by atoms with Gasteiger partial charge in [-0.05, 0) is 18.2 Å². The molecule has 1 aromatic carbocycles. The monoisotopic (exact) mass is 212 g/mol. The summed E-state index contributed by atoms with van der Waals surface area (Å²) in [5, 5.41) is 0.604. The molecule has 0 bridgehead atoms. The molecular formula is C9H9O4P. The predicted octanol–water partition coefficient (Wildman–Crippen LogP) is 1.16. The summed E-state index contributed by atoms with van der Waals surface area (Å²) < 4.78 is 20.0. The number of ether oxygens (including phenoxy) is 2. The third-order valence-corrected chi connectivity index (χ3v) is 2.00. The molecule has 74 valence electrons. The van der Waals surface area contributed by atoms with E-state index in [9.17, 15) is 9.36 Å². The first-order chi connectivity index (χ1) is 6.76. The van der Waals surface area contributed by atoms with Crippen molar-refractivity contribution in [2.24, 2.45) is 0 Å². The topological polar surface area (TPSA) is 52.6 Å². The second kappa shape index (κ2) is 5.35. The molecule has 5 heteroatoms. The highest BCUT2D eigenvalue weighted by atomic mass is 31.1. The second-order valence-corrected chi connectivity index (χ2v) is 3.15. The van der Waals surface area contributed by atoms with Gasteiger partial charge < -0.3 is 9.47 Å². The van der Waals surface area contributed by atoms with E-state index < -0.39 is 5.97 Å². The van der Waals surface area contributed by atoms with Crippen molar-refractivity contribution >= 4 is 19.7 Å². The van der Waals surface area contributed by atoms with Gasteiger partial charge in [0.1, 0.15) is 5.75 Å². The molecule has 0 aromatic heterocycles. The SMILES string of the molecule is COC(=O)COc1cccc(P=O)c1. The number of hydrogen-bond acceptors (Lipinski definition) is 4. The van der Waals surface area contributed by atoms with Gasteiger partial charge in [0.25, 0.3) is 0 Å². The minimum Gasteiger partial charge on any atom is -0.482 e. The molecule has 1 rings (SSSR count). The van der Waals surface area contributed by atoms with Gasteiger partial charge in [-0.1, -0.05) is 6.07 Å². The molecule has 0 spiro atoms. The Hall–Kier alpha value is -1.41. The minimum absolute atomic E-state index is 0.0719. The highest BCUT2D eigenvalue weighted by Crippen LogP contribution is 2.09. The number of hydrogen-bond donors (Lipinski definition) is 0. The van der Waals surface area contributed by atoms with Crippen LogP contribution in [0.4, 0.5) is 0 Å². The van der Waals surface area contributed by atoms with Gasteiger partial charge in [-0.15, -0.1) is 0 Å². The zero-order chi connectivity index (χ0) is 10.4. The summed E-state index contributed by atoms with van der Waals surface area (Å²) in [5.74, 6) is 0.0475. The van der Waals surface area contributed by atoms with Crippen LogP contribution in [0.2, 0.25) is 0 Å². The Morgan fingerprint density at radius 2 is 2.29 bits per heavy atom. The van der Waals surface area contributed by atoms with Crippen molar-refractivity contribution < 1.29 is 18.8 Å². The Bertz CT molecular complexity index is 337. The number of carbonyl (C=O) groups excluding carboxylic acids is 1. The van der Waals surface area contributed by atoms with Crippen molar-refractivity contribution in [1.29, 1.82) is 0 Å². The van der Waals surface area contributed by atoms with Gasteiger partial charge in [-0.3, -0.25) is 4.57 Å². The summed E-state index contributed by atoms with van der Waals surface area (Å²) in [5.41, 5.74) is 0. The third kappa shape index (κ3) is 3.15. The smallest absolute Gasteiger partial charge is 0.343 e. The highest BCUT2D eigenvalue weighted by Gasteiger charge is 2.01. The van der Waals surface area contributed by atoms with E-state index in [2.05, 4.69) is 4.74 Å². The molecule has 0 heterocycles. The summed E-state index contributed by atoms with van der Waals surface area (Å²) >= 11 is 0. The van der Waals surface area contributed by atoms with E-state index in [0.29, 0.717) is 11.1 Å². The van der Waals surface area contributed by atoms with Gasteiger partial charge in [-0.2, -0.15) is 0 Å². The quantitative estimate of drug-likeness (QED) is 0.555. The zero-order valence-corrected chi connectivity index (χ0v) is 8.49. The lowest BCUT2D eigenvalue weighted by Crippen LogP contribution is -2.12. The molecular weight excluding hydrogens is 203 g/mol. The fraction of sp³-hybridized carbons (Fsp3) is 0.222. The van der Waals surface area contributed by atoms with E-state index in [-0.39, 0.29) is 15.1 Å². The third-order valence-electron chi connectivity index (χ3n) is 1.51. The molecule has 0 N–H and O–H groups in total. The Balaban J connectivity index is 2.58. The van der Waals surface area contributed by atoms with Crippen molar-refractivity contribution in [3.8, 4) is 5.75 Å². The van der Waals surface area contributed by atoms with Crippen LogP contribution in [-0.2, 0) is 14.1 Å². The van der Waals surface area contributed by atoms with Gasteiger partial charge in [0.15, 0.2) is 15.1 Å². The molecule has 0 saturated heterocycles. The van der Waals surface area contributed by atoms with Crippen molar-refractivity contribution in [2.75, 3.05) is 13.7 Å². The first kappa shape index (κ1) is 10.7. The number of carbonyl (C=O) groups is 1. The van der Waals surface area contributed by atoms with Crippen LogP contribution in [0.5, 0.6) is 5.75 Å². The molecule has 1 aromatic rings. The van der Waals surface area contributed by atoms with Crippen molar-refractivity contribution in [1.82, 2.24) is 0 Å². The molecule has 0 aliphatic heterocycles. The average Bonchev–Trinajstić information content (AvgIpc) is 2.26. The molecule has 14 heavy (non-hydrogen) atoms. The van der Waals surface area contributed by atoms with E-state index in [1.807, 2.05) is 0 Å². The first-order valence-electron chi connectivity index (χ1n) is 3.89. The van der Waals surface area contributed by atoms with Crippen LogP contribution in [0.3, 0.4) is 0 Å². The maximum absolute atomic E-state index is 10.7. The van der Waals surface area contributed by atoms with E-state index in [1.54, 1.807) is 24.3 Å². The van der Waals surface area contributed by atoms with Gasteiger partial charge in [0.05, 0.1) is 7.11 Å². The van der Waals surface area contributed by atoms with Crippen LogP contribution in [0.25, 0.3) is 0 Å². The fourth-order valence-corrected chi connectivity index (χ4v) is 1.16. The summed E-state index contributed by atoms with van der Waals surface area (Å²) in [7, 11) is 1.22. The first-order valence-corrected chi connectivity index (χ1v) is 4.70. The molecule has 0 fully saturated rings. The highest BCUT2D eigenvalue weighted by molar-refractivity contribution is 7.34. The lowest BCUT2D eigenvalue weighted by molar-refractivity contribution is -0.142. The van der Waals surface area contributed by atoms with Crippen LogP contribution in [0, 0.1) is 0 Å². The maximum Gasteiger partial charge on any atom is 0.343 e. The number of benzene rings is 1. The van der Waals surface area contributed by atoms with Gasteiger partial charge >= 0.3 is 5.97 Å². The molecule has 0 amide bonds. The predicted molar refractivity (Wildman–Crippen MR) is 51.2 cm³/mol. The summed E-state index contributed by atoms with van der Waals surface area (Å²) in [6.07, 6.45) is 0. The molecule has 4 nitrogen and oxygen atoms in total. The fourth-order valence-electron chi connectivity index (χ4n) is 0.831. The summed E-state index contributed by atoms with van der Waals surface area (Å²) in [4.78, 5) is 10.7. The van der Waals surface area contributed by atoms with Crippen LogP contribution >= 0.6 is 8.46 Å². The van der Waals surface area contributed by atoms with E-state index in [4.69, 9.17) is 4.74 Å². The summed E-state index contributed by atoms with van der Waals surface area (Å²) in [6.45, 7) is -0.143. The lowest BCUT2D eigenvalue weighted by atomic mass is 10.3. The van der Waals surface area contributed by atoms with Crippen LogP contribution < -0.4 is 10.0 Å². The molecule has 0 aliphatic carbocycles.